The zero-order valence-electron chi connectivity index (χ0n) is 12.4. The van der Waals surface area contributed by atoms with Gasteiger partial charge >= 0.3 is 5.97 Å². The van der Waals surface area contributed by atoms with Crippen molar-refractivity contribution in [3.63, 3.8) is 0 Å². The fourth-order valence-electron chi connectivity index (χ4n) is 2.98. The van der Waals surface area contributed by atoms with Gasteiger partial charge in [-0.3, -0.25) is 9.59 Å². The van der Waals surface area contributed by atoms with E-state index < -0.39 is 17.4 Å². The molecule has 0 spiro atoms. The number of nitriles is 1. The van der Waals surface area contributed by atoms with Crippen LogP contribution in [0.25, 0.3) is 0 Å². The average Bonchev–Trinajstić information content (AvgIpc) is 2.52. The van der Waals surface area contributed by atoms with Crippen LogP contribution in [-0.4, -0.2) is 36.5 Å². The highest BCUT2D eigenvalue weighted by Crippen LogP contribution is 2.43. The maximum absolute atomic E-state index is 12.3. The summed E-state index contributed by atoms with van der Waals surface area (Å²) < 4.78 is 4.89. The van der Waals surface area contributed by atoms with Crippen LogP contribution in [0, 0.1) is 17.2 Å². The first-order valence-electron chi connectivity index (χ1n) is 6.76. The van der Waals surface area contributed by atoms with E-state index >= 15 is 0 Å². The Bertz CT molecular complexity index is 593. The molecule has 0 bridgehead atoms. The molecular formula is C16H18N2O3. The zero-order valence-corrected chi connectivity index (χ0v) is 12.4. The summed E-state index contributed by atoms with van der Waals surface area (Å²) in [6.45, 7) is 1.61. The molecule has 110 valence electrons. The molecule has 0 aliphatic carbocycles. The van der Waals surface area contributed by atoms with Gasteiger partial charge in [0.15, 0.2) is 0 Å². The molecule has 0 aromatic heterocycles. The molecule has 3 atom stereocenters. The summed E-state index contributed by atoms with van der Waals surface area (Å²) in [5.74, 6) is -1.68. The van der Waals surface area contributed by atoms with Crippen LogP contribution in [0.2, 0.25) is 0 Å². The second kappa shape index (κ2) is 5.57. The molecule has 1 saturated heterocycles. The number of hydrogen-bond donors (Lipinski definition) is 0. The molecule has 3 unspecified atom stereocenters. The van der Waals surface area contributed by atoms with Gasteiger partial charge < -0.3 is 9.64 Å². The molecule has 5 nitrogen and oxygen atoms in total. The quantitative estimate of drug-likeness (QED) is 0.776. The molecule has 1 fully saturated rings. The molecule has 5 heteroatoms. The summed E-state index contributed by atoms with van der Waals surface area (Å²) in [7, 11) is 2.86. The number of likely N-dealkylation sites (tertiary alicyclic amines) is 1. The monoisotopic (exact) mass is 286 g/mol. The van der Waals surface area contributed by atoms with E-state index in [4.69, 9.17) is 4.74 Å². The van der Waals surface area contributed by atoms with Crippen molar-refractivity contribution >= 4 is 11.9 Å². The van der Waals surface area contributed by atoms with Gasteiger partial charge in [0, 0.05) is 19.4 Å². The van der Waals surface area contributed by atoms with E-state index in [0.29, 0.717) is 0 Å². The molecule has 0 N–H and O–H groups in total. The van der Waals surface area contributed by atoms with E-state index in [9.17, 15) is 14.9 Å². The number of esters is 1. The van der Waals surface area contributed by atoms with Crippen LogP contribution in [0.1, 0.15) is 24.8 Å². The predicted molar refractivity (Wildman–Crippen MR) is 76.1 cm³/mol. The molecule has 1 aliphatic rings. The Morgan fingerprint density at radius 2 is 2.05 bits per heavy atom. The van der Waals surface area contributed by atoms with Crippen molar-refractivity contribution in [1.29, 1.82) is 5.26 Å². The highest BCUT2D eigenvalue weighted by atomic mass is 16.5. The Kier molecular flexibility index (Phi) is 3.99. The van der Waals surface area contributed by atoms with E-state index in [1.54, 1.807) is 14.0 Å². The topological polar surface area (TPSA) is 70.4 Å². The number of hydrogen-bond acceptors (Lipinski definition) is 4. The van der Waals surface area contributed by atoms with Gasteiger partial charge in [0.1, 0.15) is 11.5 Å². The van der Waals surface area contributed by atoms with E-state index in [0.717, 1.165) is 5.56 Å². The van der Waals surface area contributed by atoms with Crippen molar-refractivity contribution in [3.05, 3.63) is 35.9 Å². The molecular weight excluding hydrogens is 268 g/mol. The number of carbonyl (C=O) groups is 2. The molecule has 1 amide bonds. The second-order valence-electron chi connectivity index (χ2n) is 5.43. The second-order valence-corrected chi connectivity index (χ2v) is 5.43. The lowest BCUT2D eigenvalue weighted by molar-refractivity contribution is -0.158. The van der Waals surface area contributed by atoms with Crippen LogP contribution in [0.3, 0.4) is 0 Å². The molecule has 1 aliphatic heterocycles. The van der Waals surface area contributed by atoms with Crippen molar-refractivity contribution in [2.45, 2.75) is 24.8 Å². The first kappa shape index (κ1) is 15.0. The van der Waals surface area contributed by atoms with Crippen LogP contribution >= 0.6 is 0 Å². The Balaban J connectivity index is 2.55. The third kappa shape index (κ3) is 2.38. The van der Waals surface area contributed by atoms with Crippen molar-refractivity contribution in [2.75, 3.05) is 14.2 Å². The summed E-state index contributed by atoms with van der Waals surface area (Å²) in [5, 5.41) is 9.57. The number of amides is 1. The van der Waals surface area contributed by atoms with Gasteiger partial charge in [-0.1, -0.05) is 30.3 Å². The van der Waals surface area contributed by atoms with Gasteiger partial charge in [-0.25, -0.2) is 0 Å². The minimum atomic E-state index is -1.22. The lowest BCUT2D eigenvalue weighted by Crippen LogP contribution is -2.60. The van der Waals surface area contributed by atoms with Crippen molar-refractivity contribution in [1.82, 2.24) is 4.90 Å². The molecule has 0 radical (unpaired) electrons. The van der Waals surface area contributed by atoms with Crippen LogP contribution in [0.15, 0.2) is 30.3 Å². The first-order chi connectivity index (χ1) is 9.95. The maximum atomic E-state index is 12.3. The zero-order chi connectivity index (χ0) is 15.6. The fraction of sp³-hybridized carbons (Fsp3) is 0.438. The van der Waals surface area contributed by atoms with Crippen molar-refractivity contribution in [2.24, 2.45) is 5.92 Å². The Morgan fingerprint density at radius 3 is 2.57 bits per heavy atom. The van der Waals surface area contributed by atoms with Crippen LogP contribution in [-0.2, 0) is 14.3 Å². The van der Waals surface area contributed by atoms with Gasteiger partial charge in [-0.15, -0.1) is 0 Å². The highest BCUT2D eigenvalue weighted by Gasteiger charge is 2.54. The summed E-state index contributed by atoms with van der Waals surface area (Å²) >= 11 is 0. The van der Waals surface area contributed by atoms with Gasteiger partial charge in [0.2, 0.25) is 5.91 Å². The summed E-state index contributed by atoms with van der Waals surface area (Å²) in [4.78, 5) is 25.9. The first-order valence-corrected chi connectivity index (χ1v) is 6.76. The van der Waals surface area contributed by atoms with Gasteiger partial charge in [0.25, 0.3) is 0 Å². The molecule has 0 saturated carbocycles. The standard InChI is InChI=1S/C16H18N2O3/c1-16(10-17)14(15(20)21-3)12(9-13(19)18(16)2)11-7-5-4-6-8-11/h4-8,12,14H,9H2,1-3H3. The highest BCUT2D eigenvalue weighted by molar-refractivity contribution is 5.85. The number of rotatable bonds is 2. The van der Waals surface area contributed by atoms with Gasteiger partial charge in [-0.05, 0) is 12.5 Å². The number of ether oxygens (including phenoxy) is 1. The summed E-state index contributed by atoms with van der Waals surface area (Å²) in [6, 6.07) is 11.5. The third-order valence-corrected chi connectivity index (χ3v) is 4.38. The molecule has 1 aromatic rings. The van der Waals surface area contributed by atoms with Gasteiger partial charge in [-0.2, -0.15) is 5.26 Å². The third-order valence-electron chi connectivity index (χ3n) is 4.38. The smallest absolute Gasteiger partial charge is 0.312 e. The number of benzene rings is 1. The SMILES string of the molecule is COC(=O)C1C(c2ccccc2)CC(=O)N(C)C1(C)C#N. The largest absolute Gasteiger partial charge is 0.469 e. The predicted octanol–water partition coefficient (Wildman–Crippen LogP) is 1.70. The van der Waals surface area contributed by atoms with Crippen molar-refractivity contribution in [3.8, 4) is 6.07 Å². The van der Waals surface area contributed by atoms with E-state index in [2.05, 4.69) is 6.07 Å². The minimum Gasteiger partial charge on any atom is -0.469 e. The number of nitrogens with zero attached hydrogens (tertiary/aromatic N) is 2. The molecule has 21 heavy (non-hydrogen) atoms. The number of methoxy groups -OCH3 is 1. The molecule has 1 heterocycles. The molecule has 2 rings (SSSR count). The van der Waals surface area contributed by atoms with E-state index in [1.807, 2.05) is 30.3 Å². The summed E-state index contributed by atoms with van der Waals surface area (Å²) in [5.41, 5.74) is -0.348. The fourth-order valence-corrected chi connectivity index (χ4v) is 2.98. The molecule has 1 aromatic carbocycles. The maximum Gasteiger partial charge on any atom is 0.312 e. The van der Waals surface area contributed by atoms with E-state index in [-0.39, 0.29) is 18.2 Å². The Morgan fingerprint density at radius 1 is 1.43 bits per heavy atom. The summed E-state index contributed by atoms with van der Waals surface area (Å²) in [6.07, 6.45) is 0.192. The number of piperidine rings is 1. The van der Waals surface area contributed by atoms with E-state index in [1.165, 1.54) is 12.0 Å². The normalized spacial score (nSPS) is 28.9. The van der Waals surface area contributed by atoms with Crippen LogP contribution < -0.4 is 0 Å². The van der Waals surface area contributed by atoms with Gasteiger partial charge in [0.05, 0.1) is 13.2 Å². The Labute approximate surface area is 124 Å². The minimum absolute atomic E-state index is 0.145. The van der Waals surface area contributed by atoms with Crippen LogP contribution in [0.4, 0.5) is 0 Å². The number of carbonyl (C=O) groups excluding carboxylic acids is 2. The average molecular weight is 286 g/mol. The Hall–Kier alpha value is -2.35. The lowest BCUT2D eigenvalue weighted by Gasteiger charge is -2.46. The lowest BCUT2D eigenvalue weighted by atomic mass is 9.69. The van der Waals surface area contributed by atoms with Crippen molar-refractivity contribution < 1.29 is 14.3 Å². The van der Waals surface area contributed by atoms with Crippen LogP contribution in [0.5, 0.6) is 0 Å².